The molecule has 6 heteroatoms. The van der Waals surface area contributed by atoms with Gasteiger partial charge in [0.05, 0.1) is 13.7 Å². The Balaban J connectivity index is 2.35. The SMILES string of the molecule is CCOC(=O)c1cccnc1NCCCCCC(=O)OC. The lowest BCUT2D eigenvalue weighted by molar-refractivity contribution is -0.140. The van der Waals surface area contributed by atoms with Gasteiger partial charge in [-0.2, -0.15) is 0 Å². The standard InChI is InChI=1S/C15H22N2O4/c1-3-21-15(19)12-8-7-11-17-14(12)16-10-6-4-5-9-13(18)20-2/h7-8,11H,3-6,9-10H2,1-2H3,(H,16,17). The maximum absolute atomic E-state index is 11.8. The van der Waals surface area contributed by atoms with Gasteiger partial charge in [-0.1, -0.05) is 6.42 Å². The van der Waals surface area contributed by atoms with Gasteiger partial charge in [-0.05, 0) is 31.9 Å². The second-order valence-electron chi connectivity index (χ2n) is 4.43. The molecule has 0 fully saturated rings. The van der Waals surface area contributed by atoms with Crippen LogP contribution in [-0.2, 0) is 14.3 Å². The fourth-order valence-electron chi connectivity index (χ4n) is 1.80. The third kappa shape index (κ3) is 6.25. The van der Waals surface area contributed by atoms with Crippen molar-refractivity contribution in [3.63, 3.8) is 0 Å². The van der Waals surface area contributed by atoms with Crippen molar-refractivity contribution in [2.75, 3.05) is 25.6 Å². The fourth-order valence-corrected chi connectivity index (χ4v) is 1.80. The number of rotatable bonds is 9. The monoisotopic (exact) mass is 294 g/mol. The van der Waals surface area contributed by atoms with E-state index in [1.807, 2.05) is 0 Å². The lowest BCUT2D eigenvalue weighted by atomic mass is 10.2. The number of aromatic nitrogens is 1. The Kier molecular flexibility index (Phi) is 7.86. The Bertz CT molecular complexity index is 463. The lowest BCUT2D eigenvalue weighted by Gasteiger charge is -2.09. The largest absolute Gasteiger partial charge is 0.469 e. The minimum Gasteiger partial charge on any atom is -0.469 e. The number of unbranched alkanes of at least 4 members (excludes halogenated alkanes) is 2. The van der Waals surface area contributed by atoms with Gasteiger partial charge in [0.15, 0.2) is 0 Å². The highest BCUT2D eigenvalue weighted by atomic mass is 16.5. The number of carbonyl (C=O) groups excluding carboxylic acids is 2. The van der Waals surface area contributed by atoms with Crippen LogP contribution >= 0.6 is 0 Å². The van der Waals surface area contributed by atoms with Crippen molar-refractivity contribution in [2.45, 2.75) is 32.6 Å². The first-order chi connectivity index (χ1) is 10.2. The summed E-state index contributed by atoms with van der Waals surface area (Å²) in [6, 6.07) is 3.39. The van der Waals surface area contributed by atoms with E-state index in [1.54, 1.807) is 25.3 Å². The van der Waals surface area contributed by atoms with Crippen molar-refractivity contribution in [3.8, 4) is 0 Å². The molecule has 0 saturated carbocycles. The van der Waals surface area contributed by atoms with Crippen LogP contribution in [0.4, 0.5) is 5.82 Å². The molecule has 1 aromatic rings. The summed E-state index contributed by atoms with van der Waals surface area (Å²) >= 11 is 0. The van der Waals surface area contributed by atoms with Crippen LogP contribution in [0.1, 0.15) is 43.0 Å². The van der Waals surface area contributed by atoms with Crippen LogP contribution < -0.4 is 5.32 Å². The van der Waals surface area contributed by atoms with E-state index in [1.165, 1.54) is 7.11 Å². The zero-order valence-electron chi connectivity index (χ0n) is 12.6. The van der Waals surface area contributed by atoms with Gasteiger partial charge in [-0.25, -0.2) is 9.78 Å². The number of hydrogen-bond donors (Lipinski definition) is 1. The van der Waals surface area contributed by atoms with Crippen LogP contribution in [0, 0.1) is 0 Å². The van der Waals surface area contributed by atoms with Crippen LogP contribution in [0.5, 0.6) is 0 Å². The predicted octanol–water partition coefficient (Wildman–Crippen LogP) is 2.40. The summed E-state index contributed by atoms with van der Waals surface area (Å²) in [6.45, 7) is 2.79. The van der Waals surface area contributed by atoms with E-state index in [4.69, 9.17) is 4.74 Å². The Labute approximate surface area is 124 Å². The summed E-state index contributed by atoms with van der Waals surface area (Å²) in [5.74, 6) is -0.0278. The van der Waals surface area contributed by atoms with Crippen LogP contribution in [0.3, 0.4) is 0 Å². The molecule has 116 valence electrons. The molecular weight excluding hydrogens is 272 g/mol. The molecule has 0 bridgehead atoms. The van der Waals surface area contributed by atoms with Gasteiger partial charge in [-0.15, -0.1) is 0 Å². The molecule has 0 aliphatic rings. The van der Waals surface area contributed by atoms with Crippen molar-refractivity contribution in [2.24, 2.45) is 0 Å². The van der Waals surface area contributed by atoms with Gasteiger partial charge in [-0.3, -0.25) is 4.79 Å². The van der Waals surface area contributed by atoms with Gasteiger partial charge in [0, 0.05) is 19.2 Å². The number of nitrogens with one attached hydrogen (secondary N) is 1. The van der Waals surface area contributed by atoms with Crippen LogP contribution in [0.15, 0.2) is 18.3 Å². The predicted molar refractivity (Wildman–Crippen MR) is 79.2 cm³/mol. The summed E-state index contributed by atoms with van der Waals surface area (Å²) in [5.41, 5.74) is 0.439. The Morgan fingerprint density at radius 1 is 1.29 bits per heavy atom. The molecule has 0 aliphatic carbocycles. The first-order valence-corrected chi connectivity index (χ1v) is 7.11. The molecule has 1 rings (SSSR count). The molecule has 0 unspecified atom stereocenters. The number of pyridine rings is 1. The molecule has 6 nitrogen and oxygen atoms in total. The van der Waals surface area contributed by atoms with E-state index in [9.17, 15) is 9.59 Å². The van der Waals surface area contributed by atoms with E-state index in [0.29, 0.717) is 31.0 Å². The van der Waals surface area contributed by atoms with Crippen molar-refractivity contribution >= 4 is 17.8 Å². The average molecular weight is 294 g/mol. The van der Waals surface area contributed by atoms with Gasteiger partial charge in [0.1, 0.15) is 11.4 Å². The maximum atomic E-state index is 11.8. The molecule has 21 heavy (non-hydrogen) atoms. The average Bonchev–Trinajstić information content (AvgIpc) is 2.51. The first kappa shape index (κ1) is 16.9. The molecule has 0 spiro atoms. The van der Waals surface area contributed by atoms with E-state index in [-0.39, 0.29) is 11.9 Å². The number of carbonyl (C=O) groups is 2. The molecular formula is C15H22N2O4. The van der Waals surface area contributed by atoms with Crippen LogP contribution in [0.2, 0.25) is 0 Å². The molecule has 1 aromatic heterocycles. The smallest absolute Gasteiger partial charge is 0.341 e. The summed E-state index contributed by atoms with van der Waals surface area (Å²) in [4.78, 5) is 26.9. The number of anilines is 1. The zero-order chi connectivity index (χ0) is 15.5. The first-order valence-electron chi connectivity index (χ1n) is 7.11. The minimum absolute atomic E-state index is 0.183. The van der Waals surface area contributed by atoms with Gasteiger partial charge < -0.3 is 14.8 Å². The molecule has 0 aliphatic heterocycles. The van der Waals surface area contributed by atoms with Crippen LogP contribution in [0.25, 0.3) is 0 Å². The highest BCUT2D eigenvalue weighted by molar-refractivity contribution is 5.94. The molecule has 0 aromatic carbocycles. The number of nitrogens with zero attached hydrogens (tertiary/aromatic N) is 1. The molecule has 0 radical (unpaired) electrons. The number of ether oxygens (including phenoxy) is 2. The van der Waals surface area contributed by atoms with Crippen molar-refractivity contribution in [3.05, 3.63) is 23.9 Å². The molecule has 1 N–H and O–H groups in total. The molecule has 1 heterocycles. The Morgan fingerprint density at radius 2 is 2.10 bits per heavy atom. The second kappa shape index (κ2) is 9.74. The second-order valence-corrected chi connectivity index (χ2v) is 4.43. The van der Waals surface area contributed by atoms with Crippen LogP contribution in [-0.4, -0.2) is 37.2 Å². The van der Waals surface area contributed by atoms with E-state index < -0.39 is 0 Å². The Morgan fingerprint density at radius 3 is 2.81 bits per heavy atom. The van der Waals surface area contributed by atoms with Gasteiger partial charge in [0.25, 0.3) is 0 Å². The highest BCUT2D eigenvalue weighted by Gasteiger charge is 2.12. The number of methoxy groups -OCH3 is 1. The topological polar surface area (TPSA) is 77.5 Å². The number of hydrogen-bond acceptors (Lipinski definition) is 6. The van der Waals surface area contributed by atoms with Crippen molar-refractivity contribution in [1.29, 1.82) is 0 Å². The summed E-state index contributed by atoms with van der Waals surface area (Å²) < 4.78 is 9.56. The summed E-state index contributed by atoms with van der Waals surface area (Å²) in [5, 5.41) is 3.13. The van der Waals surface area contributed by atoms with Crippen molar-refractivity contribution in [1.82, 2.24) is 4.98 Å². The van der Waals surface area contributed by atoms with Crippen molar-refractivity contribution < 1.29 is 19.1 Å². The minimum atomic E-state index is -0.376. The Hall–Kier alpha value is -2.11. The normalized spacial score (nSPS) is 10.0. The summed E-state index contributed by atoms with van der Waals surface area (Å²) in [6.07, 6.45) is 4.65. The fraction of sp³-hybridized carbons (Fsp3) is 0.533. The molecule has 0 amide bonds. The third-order valence-corrected chi connectivity index (χ3v) is 2.88. The maximum Gasteiger partial charge on any atom is 0.341 e. The highest BCUT2D eigenvalue weighted by Crippen LogP contribution is 2.13. The lowest BCUT2D eigenvalue weighted by Crippen LogP contribution is -2.12. The van der Waals surface area contributed by atoms with Gasteiger partial charge >= 0.3 is 11.9 Å². The quantitative estimate of drug-likeness (QED) is 0.556. The molecule has 0 saturated heterocycles. The summed E-state index contributed by atoms with van der Waals surface area (Å²) in [7, 11) is 1.39. The third-order valence-electron chi connectivity index (χ3n) is 2.88. The number of esters is 2. The van der Waals surface area contributed by atoms with E-state index >= 15 is 0 Å². The van der Waals surface area contributed by atoms with E-state index in [0.717, 1.165) is 19.3 Å². The zero-order valence-corrected chi connectivity index (χ0v) is 12.6. The molecule has 0 atom stereocenters. The van der Waals surface area contributed by atoms with E-state index in [2.05, 4.69) is 15.0 Å². The van der Waals surface area contributed by atoms with Gasteiger partial charge in [0.2, 0.25) is 0 Å².